The van der Waals surface area contributed by atoms with E-state index >= 15 is 0 Å². The molecule has 0 unspecified atom stereocenters. The van der Waals surface area contributed by atoms with Crippen molar-refractivity contribution in [3.8, 4) is 0 Å². The van der Waals surface area contributed by atoms with Gasteiger partial charge in [-0.3, -0.25) is 4.90 Å². The zero-order valence-electron chi connectivity index (χ0n) is 9.61. The molecule has 5 heteroatoms. The van der Waals surface area contributed by atoms with Gasteiger partial charge in [0.15, 0.2) is 0 Å². The zero-order chi connectivity index (χ0) is 12.2. The Morgan fingerprint density at radius 1 is 1.25 bits per heavy atom. The standard InChI is InChI=1S/C11H19NO4/c1-2-3-4-7-12-8-5-6-11(12,9(13)14)10(15)16/h2-8H2,1H3,(H,13,14)(H,15,16). The molecule has 0 saturated carbocycles. The van der Waals surface area contributed by atoms with Crippen LogP contribution in [0.5, 0.6) is 0 Å². The quantitative estimate of drug-likeness (QED) is 0.528. The van der Waals surface area contributed by atoms with Gasteiger partial charge in [-0.05, 0) is 32.4 Å². The topological polar surface area (TPSA) is 77.8 Å². The number of carbonyl (C=O) groups is 2. The summed E-state index contributed by atoms with van der Waals surface area (Å²) in [7, 11) is 0. The van der Waals surface area contributed by atoms with Crippen molar-refractivity contribution in [2.24, 2.45) is 0 Å². The predicted molar refractivity (Wildman–Crippen MR) is 58.3 cm³/mol. The number of hydrogen-bond donors (Lipinski definition) is 2. The highest BCUT2D eigenvalue weighted by Gasteiger charge is 2.54. The lowest BCUT2D eigenvalue weighted by molar-refractivity contribution is -0.165. The molecule has 1 aliphatic heterocycles. The first-order valence-electron chi connectivity index (χ1n) is 5.77. The second kappa shape index (κ2) is 5.30. The Bertz CT molecular complexity index is 263. The van der Waals surface area contributed by atoms with Gasteiger partial charge in [0.2, 0.25) is 5.54 Å². The molecule has 2 N–H and O–H groups in total. The monoisotopic (exact) mass is 229 g/mol. The van der Waals surface area contributed by atoms with Crippen LogP contribution < -0.4 is 0 Å². The van der Waals surface area contributed by atoms with Gasteiger partial charge >= 0.3 is 11.9 Å². The molecule has 0 aromatic heterocycles. The Balaban J connectivity index is 2.74. The molecule has 0 aromatic rings. The molecule has 0 spiro atoms. The van der Waals surface area contributed by atoms with E-state index in [0.717, 1.165) is 19.3 Å². The van der Waals surface area contributed by atoms with Crippen molar-refractivity contribution in [3.63, 3.8) is 0 Å². The molecule has 0 amide bonds. The van der Waals surface area contributed by atoms with Gasteiger partial charge < -0.3 is 10.2 Å². The van der Waals surface area contributed by atoms with Crippen molar-refractivity contribution in [3.05, 3.63) is 0 Å². The number of carboxylic acid groups (broad SMARTS) is 2. The van der Waals surface area contributed by atoms with Crippen molar-refractivity contribution in [2.45, 2.75) is 44.6 Å². The van der Waals surface area contributed by atoms with E-state index in [1.807, 2.05) is 0 Å². The molecule has 0 aromatic carbocycles. The van der Waals surface area contributed by atoms with Crippen LogP contribution in [0.4, 0.5) is 0 Å². The first-order valence-corrected chi connectivity index (χ1v) is 5.77. The third-order valence-corrected chi connectivity index (χ3v) is 3.25. The third-order valence-electron chi connectivity index (χ3n) is 3.25. The first kappa shape index (κ1) is 13.0. The minimum Gasteiger partial charge on any atom is -0.479 e. The maximum Gasteiger partial charge on any atom is 0.335 e. The number of rotatable bonds is 6. The number of likely N-dealkylation sites (tertiary alicyclic amines) is 1. The van der Waals surface area contributed by atoms with E-state index in [1.165, 1.54) is 0 Å². The number of nitrogens with zero attached hydrogens (tertiary/aromatic N) is 1. The largest absolute Gasteiger partial charge is 0.479 e. The van der Waals surface area contributed by atoms with Crippen LogP contribution in [-0.2, 0) is 9.59 Å². The second-order valence-electron chi connectivity index (χ2n) is 4.27. The van der Waals surface area contributed by atoms with Crippen LogP contribution in [0.3, 0.4) is 0 Å². The smallest absolute Gasteiger partial charge is 0.335 e. The Morgan fingerprint density at radius 3 is 2.38 bits per heavy atom. The molecule has 92 valence electrons. The lowest BCUT2D eigenvalue weighted by atomic mass is 9.96. The molecule has 0 radical (unpaired) electrons. The van der Waals surface area contributed by atoms with E-state index in [1.54, 1.807) is 4.90 Å². The number of hydrogen-bond acceptors (Lipinski definition) is 3. The highest BCUT2D eigenvalue weighted by atomic mass is 16.4. The van der Waals surface area contributed by atoms with Gasteiger partial charge in [0, 0.05) is 0 Å². The van der Waals surface area contributed by atoms with Crippen LogP contribution in [0.15, 0.2) is 0 Å². The number of aliphatic carboxylic acids is 2. The molecule has 1 rings (SSSR count). The summed E-state index contributed by atoms with van der Waals surface area (Å²) in [5.74, 6) is -2.46. The van der Waals surface area contributed by atoms with E-state index in [2.05, 4.69) is 6.92 Å². The fraction of sp³-hybridized carbons (Fsp3) is 0.818. The minimum atomic E-state index is -1.67. The van der Waals surface area contributed by atoms with Gasteiger partial charge in [-0.25, -0.2) is 9.59 Å². The average molecular weight is 229 g/mol. The Labute approximate surface area is 95.1 Å². The van der Waals surface area contributed by atoms with Crippen molar-refractivity contribution in [1.29, 1.82) is 0 Å². The van der Waals surface area contributed by atoms with E-state index in [0.29, 0.717) is 19.5 Å². The van der Waals surface area contributed by atoms with Crippen molar-refractivity contribution in [2.75, 3.05) is 13.1 Å². The lowest BCUT2D eigenvalue weighted by Crippen LogP contribution is -2.56. The summed E-state index contributed by atoms with van der Waals surface area (Å²) in [6, 6.07) is 0. The summed E-state index contributed by atoms with van der Waals surface area (Å²) in [5.41, 5.74) is -1.67. The predicted octanol–water partition coefficient (Wildman–Crippen LogP) is 1.18. The van der Waals surface area contributed by atoms with Crippen LogP contribution in [-0.4, -0.2) is 45.7 Å². The van der Waals surface area contributed by atoms with Gasteiger partial charge in [-0.2, -0.15) is 0 Å². The van der Waals surface area contributed by atoms with E-state index < -0.39 is 17.5 Å². The van der Waals surface area contributed by atoms with Crippen molar-refractivity contribution >= 4 is 11.9 Å². The molecule has 1 heterocycles. The van der Waals surface area contributed by atoms with Crippen LogP contribution >= 0.6 is 0 Å². The molecule has 1 fully saturated rings. The van der Waals surface area contributed by atoms with Gasteiger partial charge in [0.1, 0.15) is 0 Å². The molecule has 16 heavy (non-hydrogen) atoms. The van der Waals surface area contributed by atoms with Crippen LogP contribution in [0.1, 0.15) is 39.0 Å². The summed E-state index contributed by atoms with van der Waals surface area (Å²) in [4.78, 5) is 24.0. The van der Waals surface area contributed by atoms with Crippen LogP contribution in [0.25, 0.3) is 0 Å². The van der Waals surface area contributed by atoms with Crippen molar-refractivity contribution < 1.29 is 19.8 Å². The molecule has 0 bridgehead atoms. The Kier molecular flexibility index (Phi) is 4.29. The zero-order valence-corrected chi connectivity index (χ0v) is 9.61. The van der Waals surface area contributed by atoms with E-state index in [4.69, 9.17) is 10.2 Å². The maximum absolute atomic E-state index is 11.2. The van der Waals surface area contributed by atoms with E-state index in [-0.39, 0.29) is 6.42 Å². The normalized spacial score (nSPS) is 19.8. The SMILES string of the molecule is CCCCCN1CCCC1(C(=O)O)C(=O)O. The Morgan fingerprint density at radius 2 is 1.88 bits per heavy atom. The van der Waals surface area contributed by atoms with Crippen LogP contribution in [0.2, 0.25) is 0 Å². The summed E-state index contributed by atoms with van der Waals surface area (Å²) >= 11 is 0. The summed E-state index contributed by atoms with van der Waals surface area (Å²) < 4.78 is 0. The molecule has 0 atom stereocenters. The van der Waals surface area contributed by atoms with Gasteiger partial charge in [0.05, 0.1) is 0 Å². The van der Waals surface area contributed by atoms with Crippen molar-refractivity contribution in [1.82, 2.24) is 4.90 Å². The maximum atomic E-state index is 11.2. The van der Waals surface area contributed by atoms with Gasteiger partial charge in [0.25, 0.3) is 0 Å². The molecule has 1 aliphatic rings. The molecule has 1 saturated heterocycles. The third kappa shape index (κ3) is 2.19. The van der Waals surface area contributed by atoms with Crippen LogP contribution in [0, 0.1) is 0 Å². The lowest BCUT2D eigenvalue weighted by Gasteiger charge is -2.30. The molecule has 0 aliphatic carbocycles. The second-order valence-corrected chi connectivity index (χ2v) is 4.27. The summed E-state index contributed by atoms with van der Waals surface area (Å²) in [6.45, 7) is 3.19. The molecular weight excluding hydrogens is 210 g/mol. The average Bonchev–Trinajstić information content (AvgIpc) is 2.63. The highest BCUT2D eigenvalue weighted by Crippen LogP contribution is 2.30. The summed E-state index contributed by atoms with van der Waals surface area (Å²) in [6.07, 6.45) is 3.76. The minimum absolute atomic E-state index is 0.212. The van der Waals surface area contributed by atoms with E-state index in [9.17, 15) is 9.59 Å². The summed E-state index contributed by atoms with van der Waals surface area (Å²) in [5, 5.41) is 18.3. The fourth-order valence-electron chi connectivity index (χ4n) is 2.31. The number of carboxylic acids is 2. The van der Waals surface area contributed by atoms with Gasteiger partial charge in [-0.1, -0.05) is 19.8 Å². The molecular formula is C11H19NO4. The highest BCUT2D eigenvalue weighted by molar-refractivity contribution is 6.03. The Hall–Kier alpha value is -1.10. The first-order chi connectivity index (χ1) is 7.55. The van der Waals surface area contributed by atoms with Gasteiger partial charge in [-0.15, -0.1) is 0 Å². The fourth-order valence-corrected chi connectivity index (χ4v) is 2.31. The number of unbranched alkanes of at least 4 members (excludes halogenated alkanes) is 2. The molecule has 5 nitrogen and oxygen atoms in total.